The van der Waals surface area contributed by atoms with E-state index in [4.69, 9.17) is 27.6 Å². The Hall–Kier alpha value is -3.21. The largest absolute Gasteiger partial charge is 0.421 e. The number of hydrogen-bond donors (Lipinski definition) is 0. The molecule has 0 saturated heterocycles. The van der Waals surface area contributed by atoms with E-state index in [2.05, 4.69) is 0 Å². The average Bonchev–Trinajstić information content (AvgIpc) is 2.73. The van der Waals surface area contributed by atoms with Crippen molar-refractivity contribution in [3.63, 3.8) is 0 Å². The van der Waals surface area contributed by atoms with Crippen molar-refractivity contribution in [2.45, 2.75) is 13.8 Å². The van der Waals surface area contributed by atoms with Crippen molar-refractivity contribution >= 4 is 45.7 Å². The molecule has 1 heterocycles. The second-order valence-electron chi connectivity index (χ2n) is 7.19. The van der Waals surface area contributed by atoms with Gasteiger partial charge in [-0.05, 0) is 37.1 Å². The van der Waals surface area contributed by atoms with Gasteiger partial charge in [-0.25, -0.2) is 4.79 Å². The summed E-state index contributed by atoms with van der Waals surface area (Å²) in [5.74, 6) is -1.08. The molecule has 1 aromatic heterocycles. The summed E-state index contributed by atoms with van der Waals surface area (Å²) < 4.78 is 5.40. The topological polar surface area (TPSA) is 64.3 Å². The molecule has 0 aliphatic rings. The van der Waals surface area contributed by atoms with E-state index in [1.54, 1.807) is 62.4 Å². The molecule has 0 saturated carbocycles. The summed E-state index contributed by atoms with van der Waals surface area (Å²) in [7, 11) is 0. The summed E-state index contributed by atoms with van der Waals surface area (Å²) in [5.41, 5.74) is 0.718. The molecular weight excluding hydrogens is 435 g/mol. The molecule has 4 rings (SSSR count). The van der Waals surface area contributed by atoms with Crippen LogP contribution in [0.15, 0.2) is 69.9 Å². The number of halogens is 2. The van der Waals surface area contributed by atoms with Crippen LogP contribution in [0.3, 0.4) is 0 Å². The molecule has 4 nitrogen and oxygen atoms in total. The number of hydrogen-bond acceptors (Lipinski definition) is 4. The van der Waals surface area contributed by atoms with Crippen molar-refractivity contribution in [2.75, 3.05) is 0 Å². The van der Waals surface area contributed by atoms with Gasteiger partial charge in [0.15, 0.2) is 11.4 Å². The Labute approximate surface area is 188 Å². The van der Waals surface area contributed by atoms with Gasteiger partial charge in [-0.1, -0.05) is 71.7 Å². The molecule has 0 unspecified atom stereocenters. The number of benzene rings is 3. The fourth-order valence-corrected chi connectivity index (χ4v) is 4.13. The molecular formula is C25H16Cl2O4. The minimum Gasteiger partial charge on any atom is -0.421 e. The zero-order valence-electron chi connectivity index (χ0n) is 16.7. The molecule has 0 bridgehead atoms. The molecule has 0 aliphatic carbocycles. The van der Waals surface area contributed by atoms with E-state index in [1.165, 1.54) is 12.1 Å². The van der Waals surface area contributed by atoms with Gasteiger partial charge in [0.25, 0.3) is 0 Å². The van der Waals surface area contributed by atoms with E-state index in [9.17, 15) is 14.4 Å². The van der Waals surface area contributed by atoms with Crippen molar-refractivity contribution in [3.05, 3.63) is 115 Å². The molecule has 31 heavy (non-hydrogen) atoms. The summed E-state index contributed by atoms with van der Waals surface area (Å²) in [4.78, 5) is 40.1. The SMILES string of the molecule is Cc1ccccc1C(=O)c1c(C(=O)c2ccccc2C)c2cc(Cl)cc(Cl)c2oc1=O. The van der Waals surface area contributed by atoms with Crippen molar-refractivity contribution in [2.24, 2.45) is 0 Å². The molecule has 0 fully saturated rings. The molecule has 0 N–H and O–H groups in total. The fraction of sp³-hybridized carbons (Fsp3) is 0.0800. The molecule has 4 aromatic rings. The third-order valence-corrected chi connectivity index (χ3v) is 5.66. The summed E-state index contributed by atoms with van der Waals surface area (Å²) in [6, 6.07) is 16.7. The molecule has 3 aromatic carbocycles. The number of ketones is 2. The van der Waals surface area contributed by atoms with Gasteiger partial charge in [0.05, 0.1) is 10.6 Å². The number of carbonyl (C=O) groups is 2. The molecule has 0 amide bonds. The highest BCUT2D eigenvalue weighted by atomic mass is 35.5. The van der Waals surface area contributed by atoms with Crippen LogP contribution in [-0.4, -0.2) is 11.6 Å². The van der Waals surface area contributed by atoms with Crippen molar-refractivity contribution in [3.8, 4) is 0 Å². The highest BCUT2D eigenvalue weighted by Crippen LogP contribution is 2.33. The smallest absolute Gasteiger partial charge is 0.348 e. The zero-order valence-corrected chi connectivity index (χ0v) is 18.2. The van der Waals surface area contributed by atoms with Crippen LogP contribution < -0.4 is 5.63 Å². The lowest BCUT2D eigenvalue weighted by Gasteiger charge is -2.13. The van der Waals surface area contributed by atoms with E-state index < -0.39 is 17.2 Å². The first-order valence-corrected chi connectivity index (χ1v) is 10.2. The third-order valence-electron chi connectivity index (χ3n) is 5.16. The van der Waals surface area contributed by atoms with E-state index in [0.29, 0.717) is 22.3 Å². The van der Waals surface area contributed by atoms with Crippen LogP contribution in [0.2, 0.25) is 10.0 Å². The molecule has 0 atom stereocenters. The maximum absolute atomic E-state index is 13.7. The quantitative estimate of drug-likeness (QED) is 0.275. The number of fused-ring (bicyclic) bond motifs is 1. The van der Waals surface area contributed by atoms with Crippen LogP contribution in [-0.2, 0) is 0 Å². The maximum Gasteiger partial charge on any atom is 0.348 e. The molecule has 0 aliphatic heterocycles. The summed E-state index contributed by atoms with van der Waals surface area (Å²) in [6.07, 6.45) is 0. The van der Waals surface area contributed by atoms with Crippen LogP contribution in [0, 0.1) is 13.8 Å². The Balaban J connectivity index is 2.13. The first-order valence-electron chi connectivity index (χ1n) is 9.46. The van der Waals surface area contributed by atoms with E-state index in [-0.39, 0.29) is 32.1 Å². The van der Waals surface area contributed by atoms with Crippen LogP contribution >= 0.6 is 23.2 Å². The van der Waals surface area contributed by atoms with Crippen LogP contribution in [0.4, 0.5) is 0 Å². The number of aryl methyl sites for hydroxylation is 2. The Morgan fingerprint density at radius 3 is 1.84 bits per heavy atom. The predicted octanol–water partition coefficient (Wildman–Crippen LogP) is 6.18. The molecule has 154 valence electrons. The van der Waals surface area contributed by atoms with Crippen LogP contribution in [0.1, 0.15) is 43.0 Å². The third kappa shape index (κ3) is 3.69. The normalized spacial score (nSPS) is 11.0. The molecule has 0 radical (unpaired) electrons. The number of rotatable bonds is 4. The Morgan fingerprint density at radius 2 is 1.29 bits per heavy atom. The zero-order chi connectivity index (χ0) is 22.3. The van der Waals surface area contributed by atoms with Crippen molar-refractivity contribution in [1.29, 1.82) is 0 Å². The summed E-state index contributed by atoms with van der Waals surface area (Å²) >= 11 is 12.4. The molecule has 6 heteroatoms. The second-order valence-corrected chi connectivity index (χ2v) is 8.04. The monoisotopic (exact) mass is 450 g/mol. The summed E-state index contributed by atoms with van der Waals surface area (Å²) in [6.45, 7) is 3.54. The van der Waals surface area contributed by atoms with Crippen LogP contribution in [0.5, 0.6) is 0 Å². The highest BCUT2D eigenvalue weighted by Gasteiger charge is 2.29. The molecule has 0 spiro atoms. The van der Waals surface area contributed by atoms with Gasteiger partial charge in [-0.2, -0.15) is 0 Å². The van der Waals surface area contributed by atoms with Gasteiger partial charge in [0, 0.05) is 21.5 Å². The number of carbonyl (C=O) groups excluding carboxylic acids is 2. The average molecular weight is 451 g/mol. The van der Waals surface area contributed by atoms with Gasteiger partial charge in [-0.3, -0.25) is 9.59 Å². The fourth-order valence-electron chi connectivity index (χ4n) is 3.60. The van der Waals surface area contributed by atoms with Gasteiger partial charge >= 0.3 is 5.63 Å². The first-order chi connectivity index (χ1) is 14.8. The van der Waals surface area contributed by atoms with E-state index >= 15 is 0 Å². The summed E-state index contributed by atoms with van der Waals surface area (Å²) in [5, 5.41) is 0.537. The standard InChI is InChI=1S/C25H16Cl2O4/c1-13-7-3-5-9-16(13)22(28)20-18-11-15(26)12-19(27)24(18)31-25(30)21(20)23(29)17-10-6-4-8-14(17)2/h3-12H,1-2H3. The van der Waals surface area contributed by atoms with Crippen molar-refractivity contribution in [1.82, 2.24) is 0 Å². The Kier molecular flexibility index (Phi) is 5.52. The second kappa shape index (κ2) is 8.14. The maximum atomic E-state index is 13.7. The first kappa shape index (κ1) is 21.0. The predicted molar refractivity (Wildman–Crippen MR) is 122 cm³/mol. The van der Waals surface area contributed by atoms with Crippen LogP contribution in [0.25, 0.3) is 11.0 Å². The Bertz CT molecular complexity index is 1430. The lowest BCUT2D eigenvalue weighted by atomic mass is 9.89. The van der Waals surface area contributed by atoms with E-state index in [0.717, 1.165) is 0 Å². The van der Waals surface area contributed by atoms with Crippen molar-refractivity contribution < 1.29 is 14.0 Å². The Morgan fingerprint density at radius 1 is 0.774 bits per heavy atom. The van der Waals surface area contributed by atoms with Gasteiger partial charge < -0.3 is 4.42 Å². The van der Waals surface area contributed by atoms with Gasteiger partial charge in [-0.15, -0.1) is 0 Å². The van der Waals surface area contributed by atoms with E-state index in [1.807, 2.05) is 0 Å². The minimum absolute atomic E-state index is 0.00864. The highest BCUT2D eigenvalue weighted by molar-refractivity contribution is 6.39. The lowest BCUT2D eigenvalue weighted by Crippen LogP contribution is -2.22. The minimum atomic E-state index is -0.929. The lowest BCUT2D eigenvalue weighted by molar-refractivity contribution is 0.100. The van der Waals surface area contributed by atoms with Gasteiger partial charge in [0.1, 0.15) is 5.56 Å². The van der Waals surface area contributed by atoms with Gasteiger partial charge in [0.2, 0.25) is 5.78 Å².